The van der Waals surface area contributed by atoms with Crippen LogP contribution < -0.4 is 21.1 Å². The van der Waals surface area contributed by atoms with Gasteiger partial charge in [0.25, 0.3) is 0 Å². The number of benzene rings is 2. The molecule has 1 saturated heterocycles. The molecule has 3 aromatic rings. The highest BCUT2D eigenvalue weighted by atomic mass is 16.5. The SMILES string of the molecule is COCCCn1c(C2CCCN(C(=O)CC(N)CNC(=O)Nc3cc(C)ccc3OC)C2)nc2ccccc21. The zero-order chi connectivity index (χ0) is 27.8. The Hall–Kier alpha value is -3.63. The topological polar surface area (TPSA) is 124 Å². The summed E-state index contributed by atoms with van der Waals surface area (Å²) in [7, 11) is 3.27. The normalized spacial score (nSPS) is 16.2. The smallest absolute Gasteiger partial charge is 0.319 e. The Bertz CT molecular complexity index is 1280. The van der Waals surface area contributed by atoms with Gasteiger partial charge in [-0.15, -0.1) is 0 Å². The molecule has 39 heavy (non-hydrogen) atoms. The first-order valence-corrected chi connectivity index (χ1v) is 13.6. The van der Waals surface area contributed by atoms with Gasteiger partial charge >= 0.3 is 6.03 Å². The second-order valence-electron chi connectivity index (χ2n) is 10.1. The molecule has 1 aliphatic heterocycles. The maximum atomic E-state index is 13.2. The summed E-state index contributed by atoms with van der Waals surface area (Å²) >= 11 is 0. The number of fused-ring (bicyclic) bond motifs is 1. The Kier molecular flexibility index (Phi) is 9.78. The highest BCUT2D eigenvalue weighted by molar-refractivity contribution is 5.91. The number of nitrogens with two attached hydrogens (primary N) is 1. The third-order valence-electron chi connectivity index (χ3n) is 7.12. The molecule has 1 fully saturated rings. The van der Waals surface area contributed by atoms with Crippen LogP contribution in [0.2, 0.25) is 0 Å². The zero-order valence-corrected chi connectivity index (χ0v) is 23.1. The van der Waals surface area contributed by atoms with Gasteiger partial charge in [-0.2, -0.15) is 0 Å². The van der Waals surface area contributed by atoms with E-state index in [1.165, 1.54) is 0 Å². The number of likely N-dealkylation sites (tertiary alicyclic amines) is 1. The second-order valence-corrected chi connectivity index (χ2v) is 10.1. The third-order valence-corrected chi connectivity index (χ3v) is 7.12. The number of aromatic nitrogens is 2. The minimum atomic E-state index is -0.498. The van der Waals surface area contributed by atoms with Gasteiger partial charge in [-0.3, -0.25) is 4.79 Å². The quantitative estimate of drug-likeness (QED) is 0.322. The summed E-state index contributed by atoms with van der Waals surface area (Å²) in [4.78, 5) is 32.5. The minimum absolute atomic E-state index is 0.00296. The molecule has 10 heteroatoms. The van der Waals surface area contributed by atoms with Crippen molar-refractivity contribution in [2.24, 2.45) is 5.73 Å². The molecule has 3 amide bonds. The zero-order valence-electron chi connectivity index (χ0n) is 23.1. The van der Waals surface area contributed by atoms with Crippen LogP contribution in [-0.4, -0.2) is 72.9 Å². The molecule has 2 heterocycles. The molecule has 1 aliphatic rings. The number of urea groups is 1. The monoisotopic (exact) mass is 536 g/mol. The van der Waals surface area contributed by atoms with E-state index in [-0.39, 0.29) is 24.8 Å². The number of anilines is 1. The van der Waals surface area contributed by atoms with E-state index in [1.54, 1.807) is 20.3 Å². The van der Waals surface area contributed by atoms with Crippen molar-refractivity contribution in [3.05, 3.63) is 53.9 Å². The van der Waals surface area contributed by atoms with Crippen LogP contribution in [0.5, 0.6) is 5.75 Å². The van der Waals surface area contributed by atoms with Crippen LogP contribution in [0.3, 0.4) is 0 Å². The lowest BCUT2D eigenvalue weighted by Gasteiger charge is -2.33. The lowest BCUT2D eigenvalue weighted by atomic mass is 9.96. The molecule has 1 aromatic heterocycles. The van der Waals surface area contributed by atoms with Crippen LogP contribution in [0.1, 0.15) is 43.0 Å². The van der Waals surface area contributed by atoms with Crippen molar-refractivity contribution in [2.75, 3.05) is 45.8 Å². The van der Waals surface area contributed by atoms with E-state index < -0.39 is 12.1 Å². The van der Waals surface area contributed by atoms with Gasteiger partial charge in [-0.1, -0.05) is 18.2 Å². The number of ether oxygens (including phenoxy) is 2. The molecule has 210 valence electrons. The van der Waals surface area contributed by atoms with Gasteiger partial charge in [0.05, 0.1) is 23.8 Å². The van der Waals surface area contributed by atoms with Gasteiger partial charge in [-0.05, 0) is 56.0 Å². The van der Waals surface area contributed by atoms with Gasteiger partial charge in [0, 0.05) is 58.3 Å². The number of rotatable bonds is 11. The van der Waals surface area contributed by atoms with Crippen molar-refractivity contribution in [3.63, 3.8) is 0 Å². The molecule has 0 spiro atoms. The second kappa shape index (κ2) is 13.4. The van der Waals surface area contributed by atoms with E-state index in [0.29, 0.717) is 31.1 Å². The van der Waals surface area contributed by atoms with Gasteiger partial charge in [0.1, 0.15) is 11.6 Å². The lowest BCUT2D eigenvalue weighted by Crippen LogP contribution is -2.45. The summed E-state index contributed by atoms with van der Waals surface area (Å²) in [5.74, 6) is 1.75. The van der Waals surface area contributed by atoms with Crippen molar-refractivity contribution in [1.82, 2.24) is 19.8 Å². The maximum absolute atomic E-state index is 13.2. The lowest BCUT2D eigenvalue weighted by molar-refractivity contribution is -0.132. The Morgan fingerprint density at radius 2 is 2.03 bits per heavy atom. The Morgan fingerprint density at radius 3 is 2.82 bits per heavy atom. The number of carbonyl (C=O) groups is 2. The minimum Gasteiger partial charge on any atom is -0.495 e. The number of piperidine rings is 1. The van der Waals surface area contributed by atoms with Gasteiger partial charge in [0.2, 0.25) is 5.91 Å². The van der Waals surface area contributed by atoms with Gasteiger partial charge in [0.15, 0.2) is 0 Å². The summed E-state index contributed by atoms with van der Waals surface area (Å²) < 4.78 is 12.9. The highest BCUT2D eigenvalue weighted by Gasteiger charge is 2.29. The fourth-order valence-corrected chi connectivity index (χ4v) is 5.16. The number of nitrogens with one attached hydrogen (secondary N) is 2. The van der Waals surface area contributed by atoms with Crippen LogP contribution >= 0.6 is 0 Å². The Labute approximate surface area is 229 Å². The Balaban J connectivity index is 1.33. The number of carbonyl (C=O) groups excluding carboxylic acids is 2. The number of hydrogen-bond donors (Lipinski definition) is 3. The average Bonchev–Trinajstić information content (AvgIpc) is 3.31. The van der Waals surface area contributed by atoms with Crippen LogP contribution in [0.25, 0.3) is 11.0 Å². The summed E-state index contributed by atoms with van der Waals surface area (Å²) in [6.45, 7) is 4.93. The van der Waals surface area contributed by atoms with Crippen molar-refractivity contribution in [3.8, 4) is 5.75 Å². The number of amides is 3. The first-order valence-electron chi connectivity index (χ1n) is 13.6. The summed E-state index contributed by atoms with van der Waals surface area (Å²) in [6.07, 6.45) is 2.94. The number of aryl methyl sites for hydroxylation is 2. The molecule has 4 rings (SSSR count). The molecular weight excluding hydrogens is 496 g/mol. The number of methoxy groups -OCH3 is 2. The molecule has 0 saturated carbocycles. The van der Waals surface area contributed by atoms with E-state index in [1.807, 2.05) is 42.2 Å². The number of nitrogens with zero attached hydrogens (tertiary/aromatic N) is 3. The van der Waals surface area contributed by atoms with Crippen molar-refractivity contribution in [1.29, 1.82) is 0 Å². The van der Waals surface area contributed by atoms with Crippen LogP contribution in [0, 0.1) is 6.92 Å². The van der Waals surface area contributed by atoms with Crippen molar-refractivity contribution >= 4 is 28.7 Å². The molecule has 0 radical (unpaired) electrons. The average molecular weight is 537 g/mol. The van der Waals surface area contributed by atoms with Gasteiger partial charge < -0.3 is 35.3 Å². The van der Waals surface area contributed by atoms with E-state index in [0.717, 1.165) is 48.2 Å². The molecule has 10 nitrogen and oxygen atoms in total. The Morgan fingerprint density at radius 1 is 1.21 bits per heavy atom. The largest absolute Gasteiger partial charge is 0.495 e. The molecule has 2 unspecified atom stereocenters. The first kappa shape index (κ1) is 28.4. The fourth-order valence-electron chi connectivity index (χ4n) is 5.16. The van der Waals surface area contributed by atoms with Crippen LogP contribution in [0.15, 0.2) is 42.5 Å². The number of imidazole rings is 1. The number of para-hydroxylation sites is 2. The summed E-state index contributed by atoms with van der Waals surface area (Å²) in [5, 5.41) is 5.56. The fraction of sp³-hybridized carbons (Fsp3) is 0.483. The maximum Gasteiger partial charge on any atom is 0.319 e. The number of hydrogen-bond acceptors (Lipinski definition) is 6. The van der Waals surface area contributed by atoms with Crippen molar-refractivity contribution in [2.45, 2.75) is 51.1 Å². The van der Waals surface area contributed by atoms with Gasteiger partial charge in [-0.25, -0.2) is 9.78 Å². The summed E-state index contributed by atoms with van der Waals surface area (Å²) in [5.41, 5.74) is 9.91. The molecule has 0 aliphatic carbocycles. The third kappa shape index (κ3) is 7.27. The summed E-state index contributed by atoms with van der Waals surface area (Å²) in [6, 6.07) is 12.8. The molecule has 2 aromatic carbocycles. The molecule has 4 N–H and O–H groups in total. The van der Waals surface area contributed by atoms with E-state index in [4.69, 9.17) is 20.2 Å². The van der Waals surface area contributed by atoms with E-state index in [9.17, 15) is 9.59 Å². The predicted molar refractivity (Wildman–Crippen MR) is 152 cm³/mol. The van der Waals surface area contributed by atoms with Crippen molar-refractivity contribution < 1.29 is 19.1 Å². The van der Waals surface area contributed by atoms with Crippen LogP contribution in [0.4, 0.5) is 10.5 Å². The first-order chi connectivity index (χ1) is 18.9. The van der Waals surface area contributed by atoms with Crippen LogP contribution in [-0.2, 0) is 16.1 Å². The molecule has 2 atom stereocenters. The predicted octanol–water partition coefficient (Wildman–Crippen LogP) is 3.63. The van der Waals surface area contributed by atoms with E-state index >= 15 is 0 Å². The van der Waals surface area contributed by atoms with E-state index in [2.05, 4.69) is 21.3 Å². The standard InChI is InChI=1S/C29H40N6O4/c1-20-11-12-26(39-3)24(16-20)33-29(37)31-18-22(30)17-27(36)34-13-6-8-21(19-34)28-32-23-9-4-5-10-25(23)35(28)14-7-15-38-2/h4-5,9-12,16,21-22H,6-8,13-15,17-19,30H2,1-3H3,(H2,31,33,37). The molecular formula is C29H40N6O4. The highest BCUT2D eigenvalue weighted by Crippen LogP contribution is 2.30. The molecule has 0 bridgehead atoms.